The van der Waals surface area contributed by atoms with Gasteiger partial charge in [0.25, 0.3) is 0 Å². The zero-order valence-electron chi connectivity index (χ0n) is 15.7. The fourth-order valence-electron chi connectivity index (χ4n) is 3.80. The molecule has 0 heterocycles. The number of nitrogens with one attached hydrogen (secondary N) is 2. The van der Waals surface area contributed by atoms with Crippen LogP contribution in [-0.4, -0.2) is 29.8 Å². The third-order valence-electron chi connectivity index (χ3n) is 5.52. The van der Waals surface area contributed by atoms with Crippen molar-refractivity contribution < 1.29 is 9.53 Å². The maximum atomic E-state index is 12.1. The SMILES string of the molecule is CC(C)C1CCC(NCC2(NC(=O)OC(C)(C)C)CCC2)CC1. The maximum Gasteiger partial charge on any atom is 0.408 e. The van der Waals surface area contributed by atoms with E-state index in [1.165, 1.54) is 32.1 Å². The summed E-state index contributed by atoms with van der Waals surface area (Å²) < 4.78 is 5.42. The third kappa shape index (κ3) is 5.66. The molecule has 0 spiro atoms. The summed E-state index contributed by atoms with van der Waals surface area (Å²) in [6, 6.07) is 0.614. The van der Waals surface area contributed by atoms with Crippen molar-refractivity contribution in [1.29, 1.82) is 0 Å². The summed E-state index contributed by atoms with van der Waals surface area (Å²) in [4.78, 5) is 12.1. The van der Waals surface area contributed by atoms with Gasteiger partial charge in [0.1, 0.15) is 5.60 Å². The van der Waals surface area contributed by atoms with Gasteiger partial charge in [0.2, 0.25) is 0 Å². The molecule has 0 aromatic rings. The van der Waals surface area contributed by atoms with E-state index in [9.17, 15) is 4.79 Å². The van der Waals surface area contributed by atoms with E-state index < -0.39 is 5.60 Å². The Kier molecular flexibility index (Phi) is 5.99. The van der Waals surface area contributed by atoms with Crippen LogP contribution in [0, 0.1) is 11.8 Å². The Bertz CT molecular complexity index is 389. The van der Waals surface area contributed by atoms with Crippen LogP contribution in [0.4, 0.5) is 4.79 Å². The first-order valence-corrected chi connectivity index (χ1v) is 9.44. The van der Waals surface area contributed by atoms with E-state index >= 15 is 0 Å². The lowest BCUT2D eigenvalue weighted by Crippen LogP contribution is -2.61. The van der Waals surface area contributed by atoms with E-state index in [-0.39, 0.29) is 11.6 Å². The number of hydrogen-bond donors (Lipinski definition) is 2. The Morgan fingerprint density at radius 2 is 1.78 bits per heavy atom. The lowest BCUT2D eigenvalue weighted by molar-refractivity contribution is 0.0375. The minimum atomic E-state index is -0.433. The zero-order chi connectivity index (χ0) is 17.1. The highest BCUT2D eigenvalue weighted by atomic mass is 16.6. The highest BCUT2D eigenvalue weighted by Gasteiger charge is 2.40. The van der Waals surface area contributed by atoms with Crippen molar-refractivity contribution in [3.8, 4) is 0 Å². The van der Waals surface area contributed by atoms with Crippen LogP contribution in [0.15, 0.2) is 0 Å². The summed E-state index contributed by atoms with van der Waals surface area (Å²) in [6.07, 6.45) is 8.24. The number of ether oxygens (including phenoxy) is 1. The van der Waals surface area contributed by atoms with E-state index in [1.54, 1.807) is 0 Å². The molecular formula is C19H36N2O2. The van der Waals surface area contributed by atoms with E-state index in [2.05, 4.69) is 24.5 Å². The van der Waals surface area contributed by atoms with Gasteiger partial charge in [0, 0.05) is 12.6 Å². The van der Waals surface area contributed by atoms with Gasteiger partial charge in [-0.05, 0) is 77.6 Å². The molecule has 2 fully saturated rings. The Morgan fingerprint density at radius 1 is 1.17 bits per heavy atom. The van der Waals surface area contributed by atoms with Crippen molar-refractivity contribution in [2.24, 2.45) is 11.8 Å². The van der Waals surface area contributed by atoms with E-state index in [4.69, 9.17) is 4.74 Å². The van der Waals surface area contributed by atoms with Gasteiger partial charge >= 0.3 is 6.09 Å². The second-order valence-electron chi connectivity index (χ2n) is 9.00. The minimum Gasteiger partial charge on any atom is -0.444 e. The van der Waals surface area contributed by atoms with Crippen molar-refractivity contribution in [2.75, 3.05) is 6.54 Å². The van der Waals surface area contributed by atoms with Crippen LogP contribution < -0.4 is 10.6 Å². The first-order chi connectivity index (χ1) is 10.7. The van der Waals surface area contributed by atoms with Crippen LogP contribution in [0.5, 0.6) is 0 Å². The van der Waals surface area contributed by atoms with Gasteiger partial charge in [-0.1, -0.05) is 13.8 Å². The molecule has 4 nitrogen and oxygen atoms in total. The highest BCUT2D eigenvalue weighted by molar-refractivity contribution is 5.69. The average molecular weight is 325 g/mol. The van der Waals surface area contributed by atoms with Gasteiger partial charge in [-0.15, -0.1) is 0 Å². The highest BCUT2D eigenvalue weighted by Crippen LogP contribution is 2.33. The average Bonchev–Trinajstić information content (AvgIpc) is 2.40. The van der Waals surface area contributed by atoms with Crippen molar-refractivity contribution in [2.45, 2.75) is 96.7 Å². The van der Waals surface area contributed by atoms with Crippen molar-refractivity contribution in [1.82, 2.24) is 10.6 Å². The van der Waals surface area contributed by atoms with Crippen molar-refractivity contribution in [3.63, 3.8) is 0 Å². The van der Waals surface area contributed by atoms with E-state index in [0.717, 1.165) is 31.2 Å². The Balaban J connectivity index is 1.76. The lowest BCUT2D eigenvalue weighted by Gasteiger charge is -2.44. The van der Waals surface area contributed by atoms with Crippen LogP contribution in [-0.2, 0) is 4.74 Å². The first kappa shape index (κ1) is 18.6. The number of hydrogen-bond acceptors (Lipinski definition) is 3. The molecule has 1 amide bonds. The van der Waals surface area contributed by atoms with Crippen LogP contribution in [0.25, 0.3) is 0 Å². The summed E-state index contributed by atoms with van der Waals surface area (Å²) in [5.41, 5.74) is -0.519. The molecule has 2 aliphatic rings. The first-order valence-electron chi connectivity index (χ1n) is 9.44. The smallest absolute Gasteiger partial charge is 0.408 e. The van der Waals surface area contributed by atoms with Crippen LogP contribution in [0.2, 0.25) is 0 Å². The van der Waals surface area contributed by atoms with Gasteiger partial charge < -0.3 is 15.4 Å². The summed E-state index contributed by atoms with van der Waals surface area (Å²) in [6.45, 7) is 11.3. The standard InChI is InChI=1S/C19H36N2O2/c1-14(2)15-7-9-16(10-8-15)20-13-19(11-6-12-19)21-17(22)23-18(3,4)5/h14-16,20H,6-13H2,1-5H3,(H,21,22). The summed E-state index contributed by atoms with van der Waals surface area (Å²) in [5, 5.41) is 6.85. The molecule has 0 aliphatic heterocycles. The largest absolute Gasteiger partial charge is 0.444 e. The van der Waals surface area contributed by atoms with Crippen LogP contribution in [0.3, 0.4) is 0 Å². The van der Waals surface area contributed by atoms with Crippen LogP contribution in [0.1, 0.15) is 79.6 Å². The Labute approximate surface area is 142 Å². The maximum absolute atomic E-state index is 12.1. The molecule has 0 unspecified atom stereocenters. The predicted molar refractivity (Wildman–Crippen MR) is 94.5 cm³/mol. The van der Waals surface area contributed by atoms with Crippen LogP contribution >= 0.6 is 0 Å². The lowest BCUT2D eigenvalue weighted by atomic mass is 9.75. The quantitative estimate of drug-likeness (QED) is 0.795. The zero-order valence-corrected chi connectivity index (χ0v) is 15.7. The molecule has 0 radical (unpaired) electrons. The normalized spacial score (nSPS) is 27.4. The molecule has 0 aromatic heterocycles. The molecule has 2 N–H and O–H groups in total. The molecule has 0 saturated heterocycles. The molecule has 23 heavy (non-hydrogen) atoms. The van der Waals surface area contributed by atoms with Gasteiger partial charge in [-0.2, -0.15) is 0 Å². The summed E-state index contributed by atoms with van der Waals surface area (Å²) in [7, 11) is 0. The van der Waals surface area contributed by atoms with Gasteiger partial charge in [0.15, 0.2) is 0 Å². The van der Waals surface area contributed by atoms with E-state index in [1.807, 2.05) is 20.8 Å². The van der Waals surface area contributed by atoms with Crippen molar-refractivity contribution in [3.05, 3.63) is 0 Å². The third-order valence-corrected chi connectivity index (χ3v) is 5.52. The number of carbonyl (C=O) groups excluding carboxylic acids is 1. The molecule has 134 valence electrons. The second-order valence-corrected chi connectivity index (χ2v) is 9.00. The molecule has 4 heteroatoms. The number of alkyl carbamates (subject to hydrolysis) is 1. The second kappa shape index (κ2) is 7.42. The molecule has 0 atom stereocenters. The molecule has 2 saturated carbocycles. The predicted octanol–water partition coefficient (Wildman–Crippen LogP) is 4.24. The molecule has 0 bridgehead atoms. The summed E-state index contributed by atoms with van der Waals surface area (Å²) >= 11 is 0. The molecular weight excluding hydrogens is 288 g/mol. The monoisotopic (exact) mass is 324 g/mol. The number of amides is 1. The van der Waals surface area contributed by atoms with Crippen molar-refractivity contribution >= 4 is 6.09 Å². The number of carbonyl (C=O) groups is 1. The fraction of sp³-hybridized carbons (Fsp3) is 0.947. The topological polar surface area (TPSA) is 50.4 Å². The fourth-order valence-corrected chi connectivity index (χ4v) is 3.80. The van der Waals surface area contributed by atoms with Gasteiger partial charge in [0.05, 0.1) is 5.54 Å². The number of rotatable bonds is 5. The molecule has 2 rings (SSSR count). The Morgan fingerprint density at radius 3 is 2.22 bits per heavy atom. The molecule has 0 aromatic carbocycles. The van der Waals surface area contributed by atoms with Gasteiger partial charge in [-0.3, -0.25) is 0 Å². The Hall–Kier alpha value is -0.770. The van der Waals surface area contributed by atoms with E-state index in [0.29, 0.717) is 6.04 Å². The van der Waals surface area contributed by atoms with Gasteiger partial charge in [-0.25, -0.2) is 4.79 Å². The summed E-state index contributed by atoms with van der Waals surface area (Å²) in [5.74, 6) is 1.70. The minimum absolute atomic E-state index is 0.0861. The molecule has 2 aliphatic carbocycles.